The van der Waals surface area contributed by atoms with Gasteiger partial charge in [-0.2, -0.15) is 0 Å². The molecule has 124 valence electrons. The molecule has 1 aliphatic rings. The lowest BCUT2D eigenvalue weighted by atomic mass is 9.76. The standard InChI is InChI=1S/C17H34N2O2/c1-16(2,3)14(8-11-18)6-7-15(20)19-12-5-9-17(4,21)10-13-19/h14,21H,5-13,18H2,1-4H3. The van der Waals surface area contributed by atoms with Gasteiger partial charge in [0.15, 0.2) is 0 Å². The van der Waals surface area contributed by atoms with Gasteiger partial charge in [-0.1, -0.05) is 20.8 Å². The third kappa shape index (κ3) is 6.35. The zero-order valence-electron chi connectivity index (χ0n) is 14.3. The Bertz CT molecular complexity index is 334. The van der Waals surface area contributed by atoms with Crippen LogP contribution in [0.3, 0.4) is 0 Å². The molecule has 0 aromatic heterocycles. The van der Waals surface area contributed by atoms with Crippen molar-refractivity contribution >= 4 is 5.91 Å². The van der Waals surface area contributed by atoms with Crippen molar-refractivity contribution in [3.63, 3.8) is 0 Å². The predicted octanol–water partition coefficient (Wildman–Crippen LogP) is 2.54. The minimum atomic E-state index is -0.609. The third-order valence-corrected chi connectivity index (χ3v) is 4.86. The Balaban J connectivity index is 2.49. The molecule has 0 aromatic rings. The second-order valence-corrected chi connectivity index (χ2v) is 7.91. The number of nitrogens with zero attached hydrogens (tertiary/aromatic N) is 1. The maximum Gasteiger partial charge on any atom is 0.222 e. The second-order valence-electron chi connectivity index (χ2n) is 7.91. The molecule has 1 amide bonds. The topological polar surface area (TPSA) is 66.6 Å². The molecule has 2 atom stereocenters. The number of hydrogen-bond donors (Lipinski definition) is 2. The fraction of sp³-hybridized carbons (Fsp3) is 0.941. The largest absolute Gasteiger partial charge is 0.390 e. The van der Waals surface area contributed by atoms with Gasteiger partial charge >= 0.3 is 0 Å². The molecular weight excluding hydrogens is 264 g/mol. The van der Waals surface area contributed by atoms with Crippen LogP contribution in [0.2, 0.25) is 0 Å². The molecule has 1 fully saturated rings. The molecular formula is C17H34N2O2. The number of carbonyl (C=O) groups is 1. The molecule has 0 saturated carbocycles. The van der Waals surface area contributed by atoms with Gasteiger partial charge in [-0.25, -0.2) is 0 Å². The van der Waals surface area contributed by atoms with E-state index in [0.29, 0.717) is 31.8 Å². The molecule has 1 rings (SSSR count). The van der Waals surface area contributed by atoms with Crippen LogP contribution in [0.1, 0.15) is 66.2 Å². The van der Waals surface area contributed by atoms with Crippen molar-refractivity contribution in [2.45, 2.75) is 71.8 Å². The number of amides is 1. The highest BCUT2D eigenvalue weighted by Gasteiger charge is 2.28. The predicted molar refractivity (Wildman–Crippen MR) is 86.9 cm³/mol. The molecule has 1 heterocycles. The van der Waals surface area contributed by atoms with Crippen molar-refractivity contribution in [2.24, 2.45) is 17.1 Å². The third-order valence-electron chi connectivity index (χ3n) is 4.86. The van der Waals surface area contributed by atoms with Crippen molar-refractivity contribution in [1.82, 2.24) is 4.90 Å². The molecule has 21 heavy (non-hydrogen) atoms. The zero-order chi connectivity index (χ0) is 16.1. The summed E-state index contributed by atoms with van der Waals surface area (Å²) in [6, 6.07) is 0. The van der Waals surface area contributed by atoms with Gasteiger partial charge in [-0.05, 0) is 56.9 Å². The molecule has 2 unspecified atom stereocenters. The summed E-state index contributed by atoms with van der Waals surface area (Å²) in [5.41, 5.74) is 5.29. The van der Waals surface area contributed by atoms with Crippen LogP contribution < -0.4 is 5.73 Å². The van der Waals surface area contributed by atoms with Gasteiger partial charge in [0, 0.05) is 19.5 Å². The van der Waals surface area contributed by atoms with E-state index in [1.807, 2.05) is 11.8 Å². The van der Waals surface area contributed by atoms with E-state index in [1.165, 1.54) is 0 Å². The summed E-state index contributed by atoms with van der Waals surface area (Å²) in [7, 11) is 0. The van der Waals surface area contributed by atoms with Crippen LogP contribution in [-0.2, 0) is 4.79 Å². The van der Waals surface area contributed by atoms with Crippen LogP contribution in [0.4, 0.5) is 0 Å². The first-order valence-electron chi connectivity index (χ1n) is 8.36. The lowest BCUT2D eigenvalue weighted by molar-refractivity contribution is -0.131. The monoisotopic (exact) mass is 298 g/mol. The summed E-state index contributed by atoms with van der Waals surface area (Å²) in [5.74, 6) is 0.723. The van der Waals surface area contributed by atoms with E-state index in [4.69, 9.17) is 5.73 Å². The van der Waals surface area contributed by atoms with Crippen molar-refractivity contribution in [3.05, 3.63) is 0 Å². The number of nitrogens with two attached hydrogens (primary N) is 1. The van der Waals surface area contributed by atoms with Gasteiger partial charge in [0.05, 0.1) is 5.60 Å². The first-order valence-corrected chi connectivity index (χ1v) is 8.36. The van der Waals surface area contributed by atoms with Gasteiger partial charge in [0.25, 0.3) is 0 Å². The SMILES string of the molecule is CC1(O)CCCN(C(=O)CCC(CCN)C(C)(C)C)CC1. The van der Waals surface area contributed by atoms with Crippen molar-refractivity contribution in [1.29, 1.82) is 0 Å². The Morgan fingerprint density at radius 1 is 1.29 bits per heavy atom. The van der Waals surface area contributed by atoms with Crippen LogP contribution in [0.15, 0.2) is 0 Å². The average Bonchev–Trinajstić information content (AvgIpc) is 2.53. The Hall–Kier alpha value is -0.610. The summed E-state index contributed by atoms with van der Waals surface area (Å²) in [6.07, 6.45) is 4.85. The normalized spacial score (nSPS) is 25.5. The minimum Gasteiger partial charge on any atom is -0.390 e. The van der Waals surface area contributed by atoms with Crippen molar-refractivity contribution in [2.75, 3.05) is 19.6 Å². The van der Waals surface area contributed by atoms with Crippen LogP contribution >= 0.6 is 0 Å². The van der Waals surface area contributed by atoms with Crippen LogP contribution in [0.25, 0.3) is 0 Å². The fourth-order valence-electron chi connectivity index (χ4n) is 3.18. The van der Waals surface area contributed by atoms with Gasteiger partial charge < -0.3 is 15.7 Å². The molecule has 0 aliphatic carbocycles. The molecule has 0 radical (unpaired) electrons. The van der Waals surface area contributed by atoms with Gasteiger partial charge in [-0.15, -0.1) is 0 Å². The highest BCUT2D eigenvalue weighted by molar-refractivity contribution is 5.76. The summed E-state index contributed by atoms with van der Waals surface area (Å²) in [6.45, 7) is 10.7. The number of likely N-dealkylation sites (tertiary alicyclic amines) is 1. The van der Waals surface area contributed by atoms with Crippen LogP contribution in [-0.4, -0.2) is 41.1 Å². The van der Waals surface area contributed by atoms with Crippen molar-refractivity contribution < 1.29 is 9.90 Å². The Kier molecular flexibility index (Phi) is 6.67. The van der Waals surface area contributed by atoms with E-state index in [9.17, 15) is 9.90 Å². The molecule has 0 aromatic carbocycles. The lowest BCUT2D eigenvalue weighted by Gasteiger charge is -2.31. The maximum absolute atomic E-state index is 12.4. The highest BCUT2D eigenvalue weighted by atomic mass is 16.3. The quantitative estimate of drug-likeness (QED) is 0.819. The molecule has 1 aliphatic heterocycles. The number of carbonyl (C=O) groups excluding carboxylic acids is 1. The Labute approximate surface area is 130 Å². The molecule has 0 spiro atoms. The average molecular weight is 298 g/mol. The number of hydrogen-bond acceptors (Lipinski definition) is 3. The first-order chi connectivity index (χ1) is 9.65. The van der Waals surface area contributed by atoms with Gasteiger partial charge in [0.2, 0.25) is 5.91 Å². The molecule has 3 N–H and O–H groups in total. The highest BCUT2D eigenvalue weighted by Crippen LogP contribution is 2.32. The Morgan fingerprint density at radius 3 is 2.52 bits per heavy atom. The first kappa shape index (κ1) is 18.4. The Morgan fingerprint density at radius 2 is 1.95 bits per heavy atom. The molecule has 0 bridgehead atoms. The molecule has 4 nitrogen and oxygen atoms in total. The van der Waals surface area contributed by atoms with E-state index in [2.05, 4.69) is 20.8 Å². The van der Waals surface area contributed by atoms with E-state index < -0.39 is 5.60 Å². The lowest BCUT2D eigenvalue weighted by Crippen LogP contribution is -2.34. The van der Waals surface area contributed by atoms with E-state index in [0.717, 1.165) is 32.2 Å². The molecule has 4 heteroatoms. The second kappa shape index (κ2) is 7.59. The maximum atomic E-state index is 12.4. The zero-order valence-corrected chi connectivity index (χ0v) is 14.3. The van der Waals surface area contributed by atoms with Gasteiger partial charge in [-0.3, -0.25) is 4.79 Å². The van der Waals surface area contributed by atoms with Crippen molar-refractivity contribution in [3.8, 4) is 0 Å². The summed E-state index contributed by atoms with van der Waals surface area (Å²) >= 11 is 0. The van der Waals surface area contributed by atoms with Crippen LogP contribution in [0, 0.1) is 11.3 Å². The smallest absolute Gasteiger partial charge is 0.222 e. The fourth-order valence-corrected chi connectivity index (χ4v) is 3.18. The summed E-state index contributed by atoms with van der Waals surface area (Å²) < 4.78 is 0. The minimum absolute atomic E-state index is 0.197. The van der Waals surface area contributed by atoms with Crippen LogP contribution in [0.5, 0.6) is 0 Å². The van der Waals surface area contributed by atoms with Gasteiger partial charge in [0.1, 0.15) is 0 Å². The van der Waals surface area contributed by atoms with E-state index >= 15 is 0 Å². The molecule has 1 saturated heterocycles. The van der Waals surface area contributed by atoms with E-state index in [1.54, 1.807) is 0 Å². The van der Waals surface area contributed by atoms with E-state index in [-0.39, 0.29) is 11.3 Å². The summed E-state index contributed by atoms with van der Waals surface area (Å²) in [4.78, 5) is 14.3. The number of rotatable bonds is 5. The number of aliphatic hydroxyl groups is 1. The summed E-state index contributed by atoms with van der Waals surface area (Å²) in [5, 5.41) is 10.1.